The predicted octanol–water partition coefficient (Wildman–Crippen LogP) is 3.88. The van der Waals surface area contributed by atoms with Gasteiger partial charge in [-0.3, -0.25) is 9.59 Å². The Morgan fingerprint density at radius 3 is 2.10 bits per heavy atom. The van der Waals surface area contributed by atoms with Crippen molar-refractivity contribution >= 4 is 11.9 Å². The molecule has 0 saturated heterocycles. The highest BCUT2D eigenvalue weighted by atomic mass is 16.5. The Hall–Kier alpha value is -1.06. The number of rotatable bonds is 7. The molecule has 122 valence electrons. The fourth-order valence-corrected chi connectivity index (χ4v) is 3.90. The second kappa shape index (κ2) is 7.28. The zero-order valence-corrected chi connectivity index (χ0v) is 14.0. The van der Waals surface area contributed by atoms with Gasteiger partial charge in [0.2, 0.25) is 0 Å². The van der Waals surface area contributed by atoms with E-state index in [1.54, 1.807) is 0 Å². The normalized spacial score (nSPS) is 25.8. The van der Waals surface area contributed by atoms with E-state index in [0.29, 0.717) is 24.7 Å². The summed E-state index contributed by atoms with van der Waals surface area (Å²) in [6, 6.07) is 0. The van der Waals surface area contributed by atoms with Crippen molar-refractivity contribution in [2.24, 2.45) is 23.2 Å². The third-order valence-electron chi connectivity index (χ3n) is 4.58. The van der Waals surface area contributed by atoms with Crippen LogP contribution in [0.25, 0.3) is 0 Å². The lowest BCUT2D eigenvalue weighted by Crippen LogP contribution is -2.47. The molecule has 4 heteroatoms. The van der Waals surface area contributed by atoms with Crippen molar-refractivity contribution < 1.29 is 19.4 Å². The first-order chi connectivity index (χ1) is 9.70. The smallest absolute Gasteiger partial charge is 0.313 e. The van der Waals surface area contributed by atoms with E-state index >= 15 is 0 Å². The minimum atomic E-state index is -0.903. The highest BCUT2D eigenvalue weighted by molar-refractivity contribution is 5.77. The lowest BCUT2D eigenvalue weighted by atomic mass is 9.66. The summed E-state index contributed by atoms with van der Waals surface area (Å²) in [6.45, 7) is 9.86. The molecule has 1 fully saturated rings. The molecule has 0 aromatic carbocycles. The van der Waals surface area contributed by atoms with E-state index in [1.165, 1.54) is 6.92 Å². The van der Waals surface area contributed by atoms with Crippen LogP contribution in [0, 0.1) is 23.2 Å². The number of aliphatic carboxylic acids is 1. The van der Waals surface area contributed by atoms with Crippen molar-refractivity contribution in [1.29, 1.82) is 0 Å². The quantitative estimate of drug-likeness (QED) is 0.724. The summed E-state index contributed by atoms with van der Waals surface area (Å²) in [5.41, 5.74) is -0.903. The van der Waals surface area contributed by atoms with Crippen LogP contribution < -0.4 is 0 Å². The largest absolute Gasteiger partial charge is 0.481 e. The maximum absolute atomic E-state index is 12.1. The van der Waals surface area contributed by atoms with Gasteiger partial charge in [0.1, 0.15) is 11.5 Å². The van der Waals surface area contributed by atoms with E-state index in [2.05, 4.69) is 27.7 Å². The summed E-state index contributed by atoms with van der Waals surface area (Å²) in [5, 5.41) is 9.95. The molecule has 0 heterocycles. The number of carbonyl (C=O) groups is 2. The van der Waals surface area contributed by atoms with Crippen molar-refractivity contribution in [2.75, 3.05) is 0 Å². The summed E-state index contributed by atoms with van der Waals surface area (Å²) in [5.74, 6) is -0.244. The summed E-state index contributed by atoms with van der Waals surface area (Å²) < 4.78 is 5.41. The average Bonchev–Trinajstić information content (AvgIpc) is 2.70. The minimum Gasteiger partial charge on any atom is -0.481 e. The summed E-state index contributed by atoms with van der Waals surface area (Å²) in [7, 11) is 0. The maximum atomic E-state index is 12.1. The molecule has 2 unspecified atom stereocenters. The molecule has 1 rings (SSSR count). The van der Waals surface area contributed by atoms with Crippen LogP contribution in [-0.4, -0.2) is 23.1 Å². The molecular formula is C17H30O4. The van der Waals surface area contributed by atoms with Gasteiger partial charge in [-0.15, -0.1) is 0 Å². The highest BCUT2D eigenvalue weighted by Gasteiger charge is 2.56. The number of carboxylic acids is 1. The Kier molecular flexibility index (Phi) is 6.24. The lowest BCUT2D eigenvalue weighted by Gasteiger charge is -2.39. The van der Waals surface area contributed by atoms with E-state index in [4.69, 9.17) is 4.74 Å². The van der Waals surface area contributed by atoms with Crippen LogP contribution in [0.1, 0.15) is 66.7 Å². The van der Waals surface area contributed by atoms with Crippen LogP contribution in [-0.2, 0) is 14.3 Å². The summed E-state index contributed by atoms with van der Waals surface area (Å²) in [6.07, 6.45) is 3.35. The van der Waals surface area contributed by atoms with Crippen LogP contribution in [0.3, 0.4) is 0 Å². The number of ether oxygens (including phenoxy) is 1. The third kappa shape index (κ3) is 4.21. The number of hydrogen-bond acceptors (Lipinski definition) is 3. The van der Waals surface area contributed by atoms with Crippen LogP contribution in [0.2, 0.25) is 0 Å². The zero-order valence-electron chi connectivity index (χ0n) is 14.0. The summed E-state index contributed by atoms with van der Waals surface area (Å²) in [4.78, 5) is 23.5. The van der Waals surface area contributed by atoms with Gasteiger partial charge in [0, 0.05) is 6.92 Å². The van der Waals surface area contributed by atoms with Crippen LogP contribution in [0.15, 0.2) is 0 Å². The molecule has 0 aromatic rings. The Morgan fingerprint density at radius 2 is 1.71 bits per heavy atom. The molecule has 1 aliphatic carbocycles. The number of hydrogen-bond donors (Lipinski definition) is 1. The van der Waals surface area contributed by atoms with Gasteiger partial charge in [0.25, 0.3) is 0 Å². The Morgan fingerprint density at radius 1 is 1.19 bits per heavy atom. The van der Waals surface area contributed by atoms with E-state index in [9.17, 15) is 14.7 Å². The van der Waals surface area contributed by atoms with E-state index < -0.39 is 17.5 Å². The third-order valence-corrected chi connectivity index (χ3v) is 4.58. The average molecular weight is 298 g/mol. The van der Waals surface area contributed by atoms with E-state index in [1.807, 2.05) is 0 Å². The van der Waals surface area contributed by atoms with Gasteiger partial charge in [-0.1, -0.05) is 27.7 Å². The van der Waals surface area contributed by atoms with Crippen LogP contribution in [0.4, 0.5) is 0 Å². The molecular weight excluding hydrogens is 268 g/mol. The SMILES string of the molecule is CC(=O)OC1CCCC1(C(=O)O)C(CC(C)C)CC(C)C. The molecule has 1 aliphatic rings. The molecule has 0 radical (unpaired) electrons. The van der Waals surface area contributed by atoms with Gasteiger partial charge in [-0.25, -0.2) is 0 Å². The minimum absolute atomic E-state index is 0.0573. The second-order valence-electron chi connectivity index (χ2n) is 7.29. The second-order valence-corrected chi connectivity index (χ2v) is 7.29. The van der Waals surface area contributed by atoms with E-state index in [0.717, 1.165) is 19.3 Å². The molecule has 2 atom stereocenters. The molecule has 21 heavy (non-hydrogen) atoms. The number of carbonyl (C=O) groups excluding carboxylic acids is 1. The van der Waals surface area contributed by atoms with Crippen molar-refractivity contribution in [3.05, 3.63) is 0 Å². The zero-order chi connectivity index (χ0) is 16.2. The first-order valence-electron chi connectivity index (χ1n) is 8.10. The van der Waals surface area contributed by atoms with Crippen molar-refractivity contribution in [3.8, 4) is 0 Å². The summed E-state index contributed by atoms with van der Waals surface area (Å²) >= 11 is 0. The van der Waals surface area contributed by atoms with Crippen molar-refractivity contribution in [1.82, 2.24) is 0 Å². The molecule has 1 saturated carbocycles. The monoisotopic (exact) mass is 298 g/mol. The molecule has 4 nitrogen and oxygen atoms in total. The standard InChI is InChI=1S/C17H30O4/c1-11(2)9-14(10-12(3)4)17(16(19)20)8-6-7-15(17)21-13(5)18/h11-12,14-15H,6-10H2,1-5H3,(H,19,20). The van der Waals surface area contributed by atoms with Gasteiger partial charge in [-0.05, 0) is 49.9 Å². The van der Waals surface area contributed by atoms with Gasteiger partial charge >= 0.3 is 11.9 Å². The topological polar surface area (TPSA) is 63.6 Å². The predicted molar refractivity (Wildman–Crippen MR) is 81.9 cm³/mol. The van der Waals surface area contributed by atoms with Crippen molar-refractivity contribution in [3.63, 3.8) is 0 Å². The number of carboxylic acid groups (broad SMARTS) is 1. The van der Waals surface area contributed by atoms with Crippen LogP contribution >= 0.6 is 0 Å². The highest BCUT2D eigenvalue weighted by Crippen LogP contribution is 2.50. The molecule has 0 bridgehead atoms. The first kappa shape index (κ1) is 18.0. The molecule has 0 aromatic heterocycles. The van der Waals surface area contributed by atoms with E-state index in [-0.39, 0.29) is 11.9 Å². The number of esters is 1. The molecule has 1 N–H and O–H groups in total. The Bertz CT molecular complexity index is 365. The molecule has 0 aliphatic heterocycles. The molecule has 0 spiro atoms. The Labute approximate surface area is 128 Å². The van der Waals surface area contributed by atoms with Gasteiger partial charge in [0.05, 0.1) is 0 Å². The van der Waals surface area contributed by atoms with Gasteiger partial charge in [-0.2, -0.15) is 0 Å². The maximum Gasteiger partial charge on any atom is 0.313 e. The molecule has 0 amide bonds. The fourth-order valence-electron chi connectivity index (χ4n) is 3.90. The lowest BCUT2D eigenvalue weighted by molar-refractivity contribution is -0.171. The first-order valence-corrected chi connectivity index (χ1v) is 8.10. The van der Waals surface area contributed by atoms with Gasteiger partial charge in [0.15, 0.2) is 0 Å². The Balaban J connectivity index is 3.14. The van der Waals surface area contributed by atoms with Crippen LogP contribution in [0.5, 0.6) is 0 Å². The fraction of sp³-hybridized carbons (Fsp3) is 0.882. The van der Waals surface area contributed by atoms with Gasteiger partial charge < -0.3 is 9.84 Å². The van der Waals surface area contributed by atoms with Crippen molar-refractivity contribution in [2.45, 2.75) is 72.8 Å².